The van der Waals surface area contributed by atoms with Gasteiger partial charge >= 0.3 is 0 Å². The molecular weight excluding hydrogens is 358 g/mol. The fourth-order valence-corrected chi connectivity index (χ4v) is 3.23. The molecule has 1 aliphatic heterocycles. The summed E-state index contributed by atoms with van der Waals surface area (Å²) in [5.74, 6) is 0.369. The molecule has 0 radical (unpaired) electrons. The molecule has 3 N–H and O–H groups in total. The predicted octanol–water partition coefficient (Wildman–Crippen LogP) is 3.96. The Kier molecular flexibility index (Phi) is 6.87. The van der Waals surface area contributed by atoms with Crippen LogP contribution in [0.1, 0.15) is 71.1 Å². The number of nitrogens with one attached hydrogen (secondary N) is 2. The molecule has 1 heterocycles. The van der Waals surface area contributed by atoms with Crippen LogP contribution in [-0.4, -0.2) is 35.7 Å². The number of ether oxygens (including phenoxy) is 1. The number of thiocarbonyl (C=S) groups is 1. The third kappa shape index (κ3) is 6.18. The van der Waals surface area contributed by atoms with Crippen LogP contribution in [0.25, 0.3) is 0 Å². The second-order valence-electron chi connectivity index (χ2n) is 9.18. The van der Waals surface area contributed by atoms with Gasteiger partial charge in [-0.1, -0.05) is 41.5 Å². The Morgan fingerprint density at radius 3 is 2.30 bits per heavy atom. The third-order valence-electron chi connectivity index (χ3n) is 4.64. The van der Waals surface area contributed by atoms with Gasteiger partial charge in [0.15, 0.2) is 5.11 Å². The van der Waals surface area contributed by atoms with Gasteiger partial charge in [0.25, 0.3) is 0 Å². The molecule has 0 unspecified atom stereocenters. The van der Waals surface area contributed by atoms with Crippen LogP contribution in [0.3, 0.4) is 0 Å². The van der Waals surface area contributed by atoms with Gasteiger partial charge < -0.3 is 15.2 Å². The lowest BCUT2D eigenvalue weighted by Gasteiger charge is -2.27. The third-order valence-corrected chi connectivity index (χ3v) is 4.88. The topological polar surface area (TPSA) is 65.9 Å². The quantitative estimate of drug-likeness (QED) is 0.412. The Hall–Kier alpha value is -1.66. The molecule has 27 heavy (non-hydrogen) atoms. The maximum absolute atomic E-state index is 10.8. The number of aromatic hydroxyl groups is 1. The second-order valence-corrected chi connectivity index (χ2v) is 9.59. The number of hydrazone groups is 1. The van der Waals surface area contributed by atoms with Crippen molar-refractivity contribution < 1.29 is 9.84 Å². The number of phenols is 1. The van der Waals surface area contributed by atoms with Gasteiger partial charge in [0.2, 0.25) is 0 Å². The summed E-state index contributed by atoms with van der Waals surface area (Å²) in [6.07, 6.45) is 4.15. The molecular formula is C21H33N3O2S. The normalized spacial score (nSPS) is 18.1. The van der Waals surface area contributed by atoms with Crippen molar-refractivity contribution in [1.82, 2.24) is 10.7 Å². The fourth-order valence-electron chi connectivity index (χ4n) is 3.09. The van der Waals surface area contributed by atoms with E-state index in [0.717, 1.165) is 36.1 Å². The number of hydrogen-bond donors (Lipinski definition) is 3. The fraction of sp³-hybridized carbons (Fsp3) is 0.619. The first-order valence-electron chi connectivity index (χ1n) is 9.55. The van der Waals surface area contributed by atoms with E-state index in [0.29, 0.717) is 17.4 Å². The number of nitrogens with zero attached hydrogens (tertiary/aromatic N) is 1. The predicted molar refractivity (Wildman–Crippen MR) is 116 cm³/mol. The average molecular weight is 392 g/mol. The molecule has 0 bridgehead atoms. The Morgan fingerprint density at radius 2 is 1.81 bits per heavy atom. The van der Waals surface area contributed by atoms with Gasteiger partial charge in [-0.2, -0.15) is 5.10 Å². The van der Waals surface area contributed by atoms with E-state index in [9.17, 15) is 5.11 Å². The number of rotatable bonds is 4. The van der Waals surface area contributed by atoms with Crippen LogP contribution < -0.4 is 10.7 Å². The van der Waals surface area contributed by atoms with E-state index in [-0.39, 0.29) is 16.9 Å². The average Bonchev–Trinajstić information content (AvgIpc) is 3.05. The molecule has 0 spiro atoms. The Balaban J connectivity index is 2.10. The van der Waals surface area contributed by atoms with E-state index >= 15 is 0 Å². The maximum Gasteiger partial charge on any atom is 0.187 e. The zero-order valence-electron chi connectivity index (χ0n) is 17.3. The molecule has 0 aliphatic carbocycles. The van der Waals surface area contributed by atoms with Crippen LogP contribution in [0, 0.1) is 0 Å². The first-order valence-corrected chi connectivity index (χ1v) is 9.96. The first kappa shape index (κ1) is 21.6. The van der Waals surface area contributed by atoms with E-state index < -0.39 is 0 Å². The molecule has 0 amide bonds. The van der Waals surface area contributed by atoms with E-state index in [1.807, 2.05) is 12.1 Å². The number of benzene rings is 1. The molecule has 2 rings (SSSR count). The van der Waals surface area contributed by atoms with Gasteiger partial charge in [0.1, 0.15) is 5.75 Å². The standard InChI is InChI=1S/C21H33N3O2S/c1-20(2,3)16-10-14(11-17(18(16)25)21(4,5)6)12-23-24-19(27)22-13-15-8-7-9-26-15/h10-12,15,25H,7-9,13H2,1-6H3,(H2,22,24,27)/b23-12+/t15-/m0/s1. The summed E-state index contributed by atoms with van der Waals surface area (Å²) in [5, 5.41) is 18.6. The van der Waals surface area contributed by atoms with Crippen LogP contribution in [0.5, 0.6) is 5.75 Å². The minimum absolute atomic E-state index is 0.167. The first-order chi connectivity index (χ1) is 12.5. The van der Waals surface area contributed by atoms with Gasteiger partial charge in [-0.25, -0.2) is 0 Å². The van der Waals surface area contributed by atoms with Crippen LogP contribution in [0.15, 0.2) is 17.2 Å². The lowest BCUT2D eigenvalue weighted by atomic mass is 9.78. The smallest absolute Gasteiger partial charge is 0.187 e. The summed E-state index contributed by atoms with van der Waals surface area (Å²) >= 11 is 5.26. The van der Waals surface area contributed by atoms with Crippen LogP contribution in [0.2, 0.25) is 0 Å². The van der Waals surface area contributed by atoms with E-state index in [1.165, 1.54) is 0 Å². The molecule has 1 saturated heterocycles. The van der Waals surface area contributed by atoms with Crippen LogP contribution in [0.4, 0.5) is 0 Å². The molecule has 150 valence electrons. The summed E-state index contributed by atoms with van der Waals surface area (Å²) in [6, 6.07) is 3.97. The minimum atomic E-state index is -0.167. The van der Waals surface area contributed by atoms with Gasteiger partial charge in [-0.15, -0.1) is 0 Å². The van der Waals surface area contributed by atoms with Crippen LogP contribution >= 0.6 is 12.2 Å². The highest BCUT2D eigenvalue weighted by molar-refractivity contribution is 7.80. The van der Waals surface area contributed by atoms with Gasteiger partial charge in [0, 0.05) is 24.3 Å². The van der Waals surface area contributed by atoms with E-state index in [1.54, 1.807) is 6.21 Å². The van der Waals surface area contributed by atoms with Crippen LogP contribution in [-0.2, 0) is 15.6 Å². The summed E-state index contributed by atoms with van der Waals surface area (Å²) in [5.41, 5.74) is 5.28. The van der Waals surface area contributed by atoms with Crippen molar-refractivity contribution in [3.63, 3.8) is 0 Å². The molecule has 1 atom stereocenters. The SMILES string of the molecule is CC(C)(C)c1cc(/C=N/NC(=S)NC[C@@H]2CCCO2)cc(C(C)(C)C)c1O. The highest BCUT2D eigenvalue weighted by Crippen LogP contribution is 2.39. The van der Waals surface area contributed by atoms with Crippen molar-refractivity contribution >= 4 is 23.5 Å². The summed E-state index contributed by atoms with van der Waals surface area (Å²) in [6.45, 7) is 14.1. The van der Waals surface area contributed by atoms with Gasteiger partial charge in [-0.3, -0.25) is 5.43 Å². The van der Waals surface area contributed by atoms with Gasteiger partial charge in [-0.05, 0) is 53.6 Å². The Labute approximate surface area is 168 Å². The van der Waals surface area contributed by atoms with E-state index in [4.69, 9.17) is 17.0 Å². The number of hydrogen-bond acceptors (Lipinski definition) is 4. The Bertz CT molecular complexity index is 661. The maximum atomic E-state index is 10.8. The molecule has 5 nitrogen and oxygen atoms in total. The molecule has 0 saturated carbocycles. The molecule has 1 aromatic carbocycles. The van der Waals surface area contributed by atoms with Crippen molar-refractivity contribution in [3.05, 3.63) is 28.8 Å². The second kappa shape index (κ2) is 8.57. The Morgan fingerprint density at radius 1 is 1.22 bits per heavy atom. The summed E-state index contributed by atoms with van der Waals surface area (Å²) in [4.78, 5) is 0. The van der Waals surface area contributed by atoms with E-state index in [2.05, 4.69) is 57.4 Å². The molecule has 1 fully saturated rings. The highest BCUT2D eigenvalue weighted by atomic mass is 32.1. The van der Waals surface area contributed by atoms with Gasteiger partial charge in [0.05, 0.1) is 12.3 Å². The lowest BCUT2D eigenvalue weighted by molar-refractivity contribution is 0.114. The zero-order chi connectivity index (χ0) is 20.2. The molecule has 1 aromatic rings. The molecule has 1 aliphatic rings. The molecule has 6 heteroatoms. The zero-order valence-corrected chi connectivity index (χ0v) is 18.2. The van der Waals surface area contributed by atoms with Crippen molar-refractivity contribution in [2.75, 3.05) is 13.2 Å². The largest absolute Gasteiger partial charge is 0.507 e. The monoisotopic (exact) mass is 391 g/mol. The number of phenolic OH excluding ortho intramolecular Hbond substituents is 1. The lowest BCUT2D eigenvalue weighted by Crippen LogP contribution is -2.37. The minimum Gasteiger partial charge on any atom is -0.507 e. The van der Waals surface area contributed by atoms with Crippen molar-refractivity contribution in [2.45, 2.75) is 71.3 Å². The highest BCUT2D eigenvalue weighted by Gasteiger charge is 2.26. The van der Waals surface area contributed by atoms with Crippen molar-refractivity contribution in [3.8, 4) is 5.75 Å². The van der Waals surface area contributed by atoms with Crippen molar-refractivity contribution in [2.24, 2.45) is 5.10 Å². The van der Waals surface area contributed by atoms with Crippen molar-refractivity contribution in [1.29, 1.82) is 0 Å². The molecule has 0 aromatic heterocycles. The summed E-state index contributed by atoms with van der Waals surface area (Å²) < 4.78 is 5.57. The summed E-state index contributed by atoms with van der Waals surface area (Å²) in [7, 11) is 0.